The monoisotopic (exact) mass is 327 g/mol. The molecule has 1 aromatic rings. The van der Waals surface area contributed by atoms with Gasteiger partial charge < -0.3 is 5.11 Å². The first kappa shape index (κ1) is 15.6. The average Bonchev–Trinajstić information content (AvgIpc) is 2.91. The molecule has 0 spiro atoms. The van der Waals surface area contributed by atoms with Crippen LogP contribution in [-0.4, -0.2) is 28.7 Å². The standard InChI is InChI=1S/C17H23Cl2NO/c18-14-8-7-12(10-15(14)19)11-20-9-3-5-16(20)13-4-1-2-6-17(13)21/h7-8,10,13,16-17,21H,1-6,9,11H2. The topological polar surface area (TPSA) is 23.5 Å². The van der Waals surface area contributed by atoms with Crippen LogP contribution in [0.2, 0.25) is 10.0 Å². The highest BCUT2D eigenvalue weighted by Gasteiger charge is 2.36. The molecule has 1 heterocycles. The molecule has 0 radical (unpaired) electrons. The zero-order chi connectivity index (χ0) is 14.8. The smallest absolute Gasteiger partial charge is 0.0595 e. The van der Waals surface area contributed by atoms with Gasteiger partial charge in [-0.15, -0.1) is 0 Å². The van der Waals surface area contributed by atoms with E-state index in [0.717, 1.165) is 19.5 Å². The molecule has 1 aliphatic heterocycles. The molecule has 2 aliphatic rings. The van der Waals surface area contributed by atoms with Gasteiger partial charge in [0.25, 0.3) is 0 Å². The van der Waals surface area contributed by atoms with Crippen molar-refractivity contribution in [2.24, 2.45) is 5.92 Å². The van der Waals surface area contributed by atoms with E-state index in [9.17, 15) is 5.11 Å². The molecule has 0 aromatic heterocycles. The summed E-state index contributed by atoms with van der Waals surface area (Å²) in [5.74, 6) is 0.448. The minimum atomic E-state index is -0.113. The van der Waals surface area contributed by atoms with Crippen molar-refractivity contribution in [3.05, 3.63) is 33.8 Å². The van der Waals surface area contributed by atoms with Crippen LogP contribution in [0, 0.1) is 5.92 Å². The highest BCUT2D eigenvalue weighted by atomic mass is 35.5. The third-order valence-electron chi connectivity index (χ3n) is 5.06. The van der Waals surface area contributed by atoms with Crippen LogP contribution in [-0.2, 0) is 6.54 Å². The van der Waals surface area contributed by atoms with Gasteiger partial charge in [0, 0.05) is 18.5 Å². The normalized spacial score (nSPS) is 30.7. The first-order chi connectivity index (χ1) is 10.1. The largest absolute Gasteiger partial charge is 0.393 e. The molecule has 0 bridgehead atoms. The van der Waals surface area contributed by atoms with Crippen molar-refractivity contribution in [1.82, 2.24) is 4.90 Å². The fourth-order valence-corrected chi connectivity index (χ4v) is 4.32. The number of likely N-dealkylation sites (tertiary alicyclic amines) is 1. The maximum absolute atomic E-state index is 10.3. The van der Waals surface area contributed by atoms with Gasteiger partial charge in [-0.3, -0.25) is 4.90 Å². The number of hydrogen-bond donors (Lipinski definition) is 1. The molecular weight excluding hydrogens is 305 g/mol. The molecule has 2 fully saturated rings. The van der Waals surface area contributed by atoms with Crippen molar-refractivity contribution < 1.29 is 5.11 Å². The summed E-state index contributed by atoms with van der Waals surface area (Å²) in [4.78, 5) is 2.53. The Morgan fingerprint density at radius 3 is 2.62 bits per heavy atom. The Hall–Kier alpha value is -0.280. The van der Waals surface area contributed by atoms with E-state index in [-0.39, 0.29) is 6.10 Å². The van der Waals surface area contributed by atoms with Crippen LogP contribution in [0.1, 0.15) is 44.1 Å². The molecule has 1 aromatic carbocycles. The summed E-state index contributed by atoms with van der Waals surface area (Å²) in [6, 6.07) is 6.42. The maximum atomic E-state index is 10.3. The second-order valence-electron chi connectivity index (χ2n) is 6.44. The Morgan fingerprint density at radius 1 is 1.05 bits per heavy atom. The van der Waals surface area contributed by atoms with Crippen molar-refractivity contribution in [3.8, 4) is 0 Å². The molecule has 1 saturated carbocycles. The molecule has 3 atom stereocenters. The van der Waals surface area contributed by atoms with E-state index >= 15 is 0 Å². The zero-order valence-electron chi connectivity index (χ0n) is 12.3. The molecule has 4 heteroatoms. The minimum absolute atomic E-state index is 0.113. The first-order valence-corrected chi connectivity index (χ1v) is 8.77. The van der Waals surface area contributed by atoms with Crippen LogP contribution in [0.25, 0.3) is 0 Å². The average molecular weight is 328 g/mol. The lowest BCUT2D eigenvalue weighted by molar-refractivity contribution is 0.0201. The van der Waals surface area contributed by atoms with E-state index < -0.39 is 0 Å². The highest BCUT2D eigenvalue weighted by molar-refractivity contribution is 6.42. The van der Waals surface area contributed by atoms with Gasteiger partial charge in [0.1, 0.15) is 0 Å². The van der Waals surface area contributed by atoms with Crippen LogP contribution in [0.15, 0.2) is 18.2 Å². The number of nitrogens with zero attached hydrogens (tertiary/aromatic N) is 1. The van der Waals surface area contributed by atoms with Crippen molar-refractivity contribution in [3.63, 3.8) is 0 Å². The number of benzene rings is 1. The third kappa shape index (κ3) is 3.56. The van der Waals surface area contributed by atoms with Gasteiger partial charge in [0.05, 0.1) is 16.1 Å². The van der Waals surface area contributed by atoms with Gasteiger partial charge in [-0.1, -0.05) is 42.1 Å². The van der Waals surface area contributed by atoms with Gasteiger partial charge in [0.2, 0.25) is 0 Å². The molecule has 2 nitrogen and oxygen atoms in total. The fourth-order valence-electron chi connectivity index (χ4n) is 3.99. The van der Waals surface area contributed by atoms with E-state index in [1.54, 1.807) is 0 Å². The maximum Gasteiger partial charge on any atom is 0.0595 e. The van der Waals surface area contributed by atoms with Crippen molar-refractivity contribution in [1.29, 1.82) is 0 Å². The number of hydrogen-bond acceptors (Lipinski definition) is 2. The minimum Gasteiger partial charge on any atom is -0.393 e. The Bertz CT molecular complexity index is 494. The zero-order valence-corrected chi connectivity index (χ0v) is 13.8. The summed E-state index contributed by atoms with van der Waals surface area (Å²) < 4.78 is 0. The van der Waals surface area contributed by atoms with Gasteiger partial charge in [-0.2, -0.15) is 0 Å². The van der Waals surface area contributed by atoms with Crippen LogP contribution >= 0.6 is 23.2 Å². The lowest BCUT2D eigenvalue weighted by Crippen LogP contribution is -2.42. The van der Waals surface area contributed by atoms with Gasteiger partial charge >= 0.3 is 0 Å². The van der Waals surface area contributed by atoms with Crippen molar-refractivity contribution in [2.45, 2.75) is 57.2 Å². The molecule has 21 heavy (non-hydrogen) atoms. The van der Waals surface area contributed by atoms with Gasteiger partial charge in [-0.25, -0.2) is 0 Å². The summed E-state index contributed by atoms with van der Waals surface area (Å²) >= 11 is 12.1. The summed E-state index contributed by atoms with van der Waals surface area (Å²) in [7, 11) is 0. The number of aliphatic hydroxyl groups excluding tert-OH is 1. The van der Waals surface area contributed by atoms with Crippen molar-refractivity contribution >= 4 is 23.2 Å². The summed E-state index contributed by atoms with van der Waals surface area (Å²) in [5, 5.41) is 11.6. The highest BCUT2D eigenvalue weighted by Crippen LogP contribution is 2.35. The van der Waals surface area contributed by atoms with Gasteiger partial charge in [0.15, 0.2) is 0 Å². The summed E-state index contributed by atoms with van der Waals surface area (Å²) in [5.41, 5.74) is 1.21. The van der Waals surface area contributed by atoms with Crippen LogP contribution < -0.4 is 0 Å². The Kier molecular flexibility index (Phi) is 5.11. The lowest BCUT2D eigenvalue weighted by Gasteiger charge is -2.37. The van der Waals surface area contributed by atoms with E-state index in [1.165, 1.54) is 37.7 Å². The van der Waals surface area contributed by atoms with Crippen LogP contribution in [0.5, 0.6) is 0 Å². The predicted molar refractivity (Wildman–Crippen MR) is 87.9 cm³/mol. The fraction of sp³-hybridized carbons (Fsp3) is 0.647. The second kappa shape index (κ2) is 6.87. The number of halogens is 2. The Labute approximate surface area is 137 Å². The summed E-state index contributed by atoms with van der Waals surface area (Å²) in [6.07, 6.45) is 6.91. The van der Waals surface area contributed by atoms with Gasteiger partial charge in [-0.05, 0) is 49.9 Å². The summed E-state index contributed by atoms with van der Waals surface area (Å²) in [6.45, 7) is 2.03. The third-order valence-corrected chi connectivity index (χ3v) is 5.80. The van der Waals surface area contributed by atoms with Crippen LogP contribution in [0.3, 0.4) is 0 Å². The van der Waals surface area contributed by atoms with E-state index in [2.05, 4.69) is 11.0 Å². The molecule has 3 unspecified atom stereocenters. The van der Waals surface area contributed by atoms with Crippen LogP contribution in [0.4, 0.5) is 0 Å². The molecule has 1 saturated heterocycles. The molecule has 1 aliphatic carbocycles. The Balaban J connectivity index is 1.70. The molecule has 3 rings (SSSR count). The number of rotatable bonds is 3. The Morgan fingerprint density at radius 2 is 1.86 bits per heavy atom. The quantitative estimate of drug-likeness (QED) is 0.882. The first-order valence-electron chi connectivity index (χ1n) is 8.01. The van der Waals surface area contributed by atoms with E-state index in [4.69, 9.17) is 23.2 Å². The SMILES string of the molecule is OC1CCCCC1C1CCCN1Cc1ccc(Cl)c(Cl)c1. The van der Waals surface area contributed by atoms with Crippen molar-refractivity contribution in [2.75, 3.05) is 6.54 Å². The molecular formula is C17H23Cl2NO. The van der Waals surface area contributed by atoms with E-state index in [0.29, 0.717) is 22.0 Å². The predicted octanol–water partition coefficient (Wildman–Crippen LogP) is 4.51. The second-order valence-corrected chi connectivity index (χ2v) is 7.26. The van der Waals surface area contributed by atoms with E-state index in [1.807, 2.05) is 12.1 Å². The molecule has 116 valence electrons. The molecule has 0 amide bonds. The molecule has 1 N–H and O–H groups in total. The number of aliphatic hydroxyl groups is 1. The lowest BCUT2D eigenvalue weighted by atomic mass is 9.80.